The van der Waals surface area contributed by atoms with Crippen LogP contribution in [0.2, 0.25) is 0 Å². The molecule has 5 N–H and O–H groups in total. The topological polar surface area (TPSA) is 113 Å². The van der Waals surface area contributed by atoms with Gasteiger partial charge in [0, 0.05) is 13.0 Å². The third-order valence-electron chi connectivity index (χ3n) is 2.21. The van der Waals surface area contributed by atoms with Crippen molar-refractivity contribution in [2.75, 3.05) is 17.6 Å². The first-order valence-corrected chi connectivity index (χ1v) is 4.53. The van der Waals surface area contributed by atoms with Gasteiger partial charge in [-0.3, -0.25) is 9.59 Å². The van der Waals surface area contributed by atoms with E-state index < -0.39 is 0 Å². The van der Waals surface area contributed by atoms with Gasteiger partial charge in [-0.05, 0) is 0 Å². The number of nitrogens with zero attached hydrogens (tertiary/aromatic N) is 1. The second kappa shape index (κ2) is 3.60. The number of rotatable bonds is 2. The van der Waals surface area contributed by atoms with Crippen molar-refractivity contribution in [2.24, 2.45) is 0 Å². The van der Waals surface area contributed by atoms with E-state index >= 15 is 0 Å². The Hall–Kier alpha value is -2.05. The normalized spacial score (nSPS) is 20.0. The van der Waals surface area contributed by atoms with E-state index in [2.05, 4.69) is 20.6 Å². The van der Waals surface area contributed by atoms with E-state index in [1.807, 2.05) is 0 Å². The first-order valence-electron chi connectivity index (χ1n) is 4.53. The van der Waals surface area contributed by atoms with Gasteiger partial charge in [-0.2, -0.15) is 0 Å². The van der Waals surface area contributed by atoms with Crippen molar-refractivity contribution in [3.05, 3.63) is 16.7 Å². The number of amides is 1. The minimum Gasteiger partial charge on any atom is -0.391 e. The molecule has 1 atom stereocenters. The van der Waals surface area contributed by atoms with Crippen LogP contribution in [-0.4, -0.2) is 28.5 Å². The largest absolute Gasteiger partial charge is 0.391 e. The maximum Gasteiger partial charge on any atom is 0.276 e. The number of anilines is 2. The molecule has 7 heteroatoms. The Bertz CT molecular complexity index is 441. The molecule has 0 aromatic carbocycles. The van der Waals surface area contributed by atoms with Crippen LogP contribution in [0.5, 0.6) is 0 Å². The van der Waals surface area contributed by atoms with Crippen LogP contribution in [0.3, 0.4) is 0 Å². The molecule has 0 saturated carbocycles. The van der Waals surface area contributed by atoms with E-state index in [0.29, 0.717) is 18.8 Å². The van der Waals surface area contributed by atoms with E-state index in [9.17, 15) is 9.59 Å². The molecule has 2 heterocycles. The lowest BCUT2D eigenvalue weighted by atomic mass is 10.2. The van der Waals surface area contributed by atoms with Gasteiger partial charge in [-0.25, -0.2) is 4.98 Å². The average Bonchev–Trinajstić information content (AvgIpc) is 2.59. The predicted molar refractivity (Wildman–Crippen MR) is 54.3 cm³/mol. The molecule has 1 aliphatic heterocycles. The van der Waals surface area contributed by atoms with Crippen molar-refractivity contribution in [1.82, 2.24) is 15.3 Å². The number of nitrogen functional groups attached to an aromatic ring is 1. The van der Waals surface area contributed by atoms with Crippen molar-refractivity contribution in [2.45, 2.75) is 12.5 Å². The Kier molecular flexibility index (Phi) is 2.28. The average molecular weight is 209 g/mol. The van der Waals surface area contributed by atoms with Crippen molar-refractivity contribution in [3.63, 3.8) is 0 Å². The Morgan fingerprint density at radius 3 is 3.00 bits per heavy atom. The van der Waals surface area contributed by atoms with Gasteiger partial charge in [0.15, 0.2) is 5.82 Å². The number of nitrogens with two attached hydrogens (primary N) is 1. The minimum absolute atomic E-state index is 0.0177. The highest BCUT2D eigenvalue weighted by Crippen LogP contribution is 2.12. The third-order valence-corrected chi connectivity index (χ3v) is 2.21. The summed E-state index contributed by atoms with van der Waals surface area (Å²) in [5.74, 6) is 0.302. The summed E-state index contributed by atoms with van der Waals surface area (Å²) >= 11 is 0. The molecule has 1 unspecified atom stereocenters. The lowest BCUT2D eigenvalue weighted by molar-refractivity contribution is -0.119. The molecule has 0 spiro atoms. The van der Waals surface area contributed by atoms with E-state index in [1.54, 1.807) is 0 Å². The number of carbonyl (C=O) groups is 1. The molecule has 1 fully saturated rings. The van der Waals surface area contributed by atoms with Gasteiger partial charge >= 0.3 is 0 Å². The molecule has 0 bridgehead atoms. The molecule has 0 radical (unpaired) electrons. The van der Waals surface area contributed by atoms with Crippen LogP contribution < -0.4 is 21.9 Å². The van der Waals surface area contributed by atoms with Gasteiger partial charge < -0.3 is 21.4 Å². The van der Waals surface area contributed by atoms with Gasteiger partial charge in [0.05, 0.1) is 12.4 Å². The monoisotopic (exact) mass is 209 g/mol. The summed E-state index contributed by atoms with van der Waals surface area (Å²) < 4.78 is 0. The molecular formula is C8H11N5O2. The van der Waals surface area contributed by atoms with Crippen LogP contribution in [0.15, 0.2) is 11.1 Å². The van der Waals surface area contributed by atoms with Crippen molar-refractivity contribution in [3.8, 4) is 0 Å². The number of hydrogen-bond donors (Lipinski definition) is 4. The zero-order valence-electron chi connectivity index (χ0n) is 7.91. The van der Waals surface area contributed by atoms with Gasteiger partial charge in [0.25, 0.3) is 5.56 Å². The van der Waals surface area contributed by atoms with Crippen molar-refractivity contribution >= 4 is 17.4 Å². The first kappa shape index (κ1) is 9.50. The third kappa shape index (κ3) is 1.90. The fourth-order valence-electron chi connectivity index (χ4n) is 1.43. The van der Waals surface area contributed by atoms with Gasteiger partial charge in [-0.15, -0.1) is 0 Å². The maximum atomic E-state index is 11.1. The fourth-order valence-corrected chi connectivity index (χ4v) is 1.43. The van der Waals surface area contributed by atoms with Gasteiger partial charge in [0.1, 0.15) is 5.69 Å². The number of hydrogen-bond acceptors (Lipinski definition) is 5. The van der Waals surface area contributed by atoms with Gasteiger partial charge in [0.2, 0.25) is 5.91 Å². The summed E-state index contributed by atoms with van der Waals surface area (Å²) in [5.41, 5.74) is 5.18. The van der Waals surface area contributed by atoms with Crippen molar-refractivity contribution < 1.29 is 4.79 Å². The fraction of sp³-hybridized carbons (Fsp3) is 0.375. The van der Waals surface area contributed by atoms with Crippen LogP contribution in [0.4, 0.5) is 11.5 Å². The van der Waals surface area contributed by atoms with E-state index in [-0.39, 0.29) is 23.2 Å². The van der Waals surface area contributed by atoms with Crippen LogP contribution in [0.25, 0.3) is 0 Å². The number of nitrogens with one attached hydrogen (secondary N) is 3. The van der Waals surface area contributed by atoms with Crippen LogP contribution in [-0.2, 0) is 4.79 Å². The first-order chi connectivity index (χ1) is 7.16. The van der Waals surface area contributed by atoms with Crippen LogP contribution >= 0.6 is 0 Å². The molecule has 1 aromatic rings. The molecule has 2 rings (SSSR count). The van der Waals surface area contributed by atoms with Crippen molar-refractivity contribution in [1.29, 1.82) is 0 Å². The second-order valence-corrected chi connectivity index (χ2v) is 3.34. The quantitative estimate of drug-likeness (QED) is 0.481. The summed E-state index contributed by atoms with van der Waals surface area (Å²) in [6.07, 6.45) is 1.64. The molecule has 1 amide bonds. The molecule has 1 saturated heterocycles. The van der Waals surface area contributed by atoms with Crippen LogP contribution in [0.1, 0.15) is 6.42 Å². The highest BCUT2D eigenvalue weighted by Gasteiger charge is 2.22. The molecule has 15 heavy (non-hydrogen) atoms. The summed E-state index contributed by atoms with van der Waals surface area (Å²) in [6, 6.07) is -0.0610. The standard InChI is InChI=1S/C8H11N5O2/c9-6-7(11-3-12-8(6)15)13-4-1-5(14)10-2-4/h3-4H,1-2,9H2,(H,10,14)(H2,11,12,13,15). The highest BCUT2D eigenvalue weighted by molar-refractivity contribution is 5.80. The van der Waals surface area contributed by atoms with Gasteiger partial charge in [-0.1, -0.05) is 0 Å². The number of carbonyl (C=O) groups excluding carboxylic acids is 1. The Morgan fingerprint density at radius 2 is 2.33 bits per heavy atom. The SMILES string of the molecule is Nc1c(NC2CNC(=O)C2)nc[nH]c1=O. The molecule has 0 aliphatic carbocycles. The van der Waals surface area contributed by atoms with E-state index in [0.717, 1.165) is 0 Å². The lowest BCUT2D eigenvalue weighted by Gasteiger charge is -2.11. The molecular weight excluding hydrogens is 198 g/mol. The number of H-pyrrole nitrogens is 1. The summed E-state index contributed by atoms with van der Waals surface area (Å²) in [4.78, 5) is 28.3. The molecule has 1 aromatic heterocycles. The lowest BCUT2D eigenvalue weighted by Crippen LogP contribution is -2.25. The van der Waals surface area contributed by atoms with E-state index in [4.69, 9.17) is 5.73 Å². The Balaban J connectivity index is 2.14. The highest BCUT2D eigenvalue weighted by atomic mass is 16.2. The second-order valence-electron chi connectivity index (χ2n) is 3.34. The number of aromatic amines is 1. The maximum absolute atomic E-state index is 11.1. The Morgan fingerprint density at radius 1 is 1.53 bits per heavy atom. The smallest absolute Gasteiger partial charge is 0.276 e. The zero-order chi connectivity index (χ0) is 10.8. The summed E-state index contributed by atoms with van der Waals surface area (Å²) in [7, 11) is 0. The summed E-state index contributed by atoms with van der Waals surface area (Å²) in [5, 5.41) is 5.61. The Labute approximate surface area is 85.1 Å². The molecule has 1 aliphatic rings. The molecule has 80 valence electrons. The number of aromatic nitrogens is 2. The predicted octanol–water partition coefficient (Wildman–Crippen LogP) is -1.35. The van der Waals surface area contributed by atoms with Crippen LogP contribution in [0, 0.1) is 0 Å². The van der Waals surface area contributed by atoms with E-state index in [1.165, 1.54) is 6.33 Å². The zero-order valence-corrected chi connectivity index (χ0v) is 7.91. The minimum atomic E-state index is -0.384. The summed E-state index contributed by atoms with van der Waals surface area (Å²) in [6.45, 7) is 0.521. The molecule has 7 nitrogen and oxygen atoms in total.